The fourth-order valence-corrected chi connectivity index (χ4v) is 12.4. The SMILES string of the molecule is COC(=O)N[C@H](C(=O)N1CCC[C@H]1c1ncc(-c2ccc(-c3ccc(-c4ccc5nc([C@@H]6CCCN6C(=O)[C@@H](NC(=O)OC)C(C)C)[nH]c5c4)c4c3C3CC5(C)CC4N35)s2)[nH]1)C(C)C. The number of piperidine rings is 1. The van der Waals surface area contributed by atoms with Crippen LogP contribution in [0.25, 0.3) is 43.2 Å². The molecule has 4 amide bonds. The molecular formula is C48H57N9O6S. The molecule has 0 spiro atoms. The van der Waals surface area contributed by atoms with Gasteiger partial charge in [0.15, 0.2) is 0 Å². The molecule has 3 aromatic heterocycles. The third-order valence-electron chi connectivity index (χ3n) is 14.5. The van der Waals surface area contributed by atoms with E-state index in [4.69, 9.17) is 19.4 Å². The highest BCUT2D eigenvalue weighted by molar-refractivity contribution is 7.18. The number of benzene rings is 2. The number of carbonyl (C=O) groups is 4. The molecule has 8 heterocycles. The number of methoxy groups -OCH3 is 2. The van der Waals surface area contributed by atoms with Crippen molar-refractivity contribution in [2.45, 2.75) is 115 Å². The van der Waals surface area contributed by atoms with E-state index in [0.717, 1.165) is 77.3 Å². The van der Waals surface area contributed by atoms with Gasteiger partial charge in [-0.2, -0.15) is 0 Å². The largest absolute Gasteiger partial charge is 0.453 e. The molecule has 336 valence electrons. The van der Waals surface area contributed by atoms with Gasteiger partial charge in [0.1, 0.15) is 23.7 Å². The Morgan fingerprint density at radius 1 is 0.750 bits per heavy atom. The van der Waals surface area contributed by atoms with E-state index in [1.54, 1.807) is 11.3 Å². The standard InChI is InChI=1S/C48H57N9O6S/c1-24(2)40(53-46(60)62-6)44(58)55-18-8-10-32(55)42-49-23-31(52-42)37-17-16-36(64-37)28-14-13-27(38-34-21-48(5)22-35(39(28)38)57(34)48)26-12-15-29-30(20-26)51-43(50-29)33-11-9-19-56(33)45(59)41(25(3)4)54-47(61)63-7/h12-17,20,23-25,32-35,40-41H,8-11,18-19,21-22H2,1-7H3,(H,49,52)(H,50,51)(H,53,60)(H,54,61)/t32-,33-,34?,35?,40-,41-,48?/m0/s1. The first kappa shape index (κ1) is 42.2. The summed E-state index contributed by atoms with van der Waals surface area (Å²) in [7, 11) is 2.61. The minimum Gasteiger partial charge on any atom is -0.453 e. The number of fused-ring (bicyclic) bond motifs is 4. The van der Waals surface area contributed by atoms with E-state index in [1.807, 2.05) is 43.7 Å². The van der Waals surface area contributed by atoms with Gasteiger partial charge >= 0.3 is 12.2 Å². The summed E-state index contributed by atoms with van der Waals surface area (Å²) in [5, 5.41) is 5.48. The zero-order valence-electron chi connectivity index (χ0n) is 37.5. The number of carbonyl (C=O) groups excluding carboxylic acids is 4. The number of imidazole rings is 2. The number of nitrogens with one attached hydrogen (secondary N) is 4. The fourth-order valence-electron chi connectivity index (χ4n) is 11.4. The van der Waals surface area contributed by atoms with Gasteiger partial charge in [-0.25, -0.2) is 19.6 Å². The second-order valence-corrected chi connectivity index (χ2v) is 20.2. The maximum absolute atomic E-state index is 13.8. The predicted molar refractivity (Wildman–Crippen MR) is 243 cm³/mol. The molecule has 0 bridgehead atoms. The molecule has 15 nitrogen and oxygen atoms in total. The third-order valence-corrected chi connectivity index (χ3v) is 15.7. The van der Waals surface area contributed by atoms with Crippen LogP contribution in [0, 0.1) is 11.8 Å². The number of nitrogens with zero attached hydrogens (tertiary/aromatic N) is 5. The van der Waals surface area contributed by atoms with E-state index in [-0.39, 0.29) is 41.3 Å². The molecule has 64 heavy (non-hydrogen) atoms. The van der Waals surface area contributed by atoms with E-state index in [9.17, 15) is 19.2 Å². The monoisotopic (exact) mass is 887 g/mol. The lowest BCUT2D eigenvalue weighted by molar-refractivity contribution is -0.177. The summed E-state index contributed by atoms with van der Waals surface area (Å²) in [6.07, 6.45) is 6.21. The van der Waals surface area contributed by atoms with Crippen LogP contribution in [0.3, 0.4) is 0 Å². The van der Waals surface area contributed by atoms with Gasteiger partial charge in [-0.15, -0.1) is 11.3 Å². The topological polar surface area (TPSA) is 178 Å². The lowest BCUT2D eigenvalue weighted by Gasteiger charge is -2.65. The number of aromatic amines is 2. The molecule has 4 fully saturated rings. The molecule has 5 aliphatic heterocycles. The first-order chi connectivity index (χ1) is 30.8. The first-order valence-electron chi connectivity index (χ1n) is 22.7. The fraction of sp³-hybridized carbons (Fsp3) is 0.500. The number of likely N-dealkylation sites (tertiary alicyclic amines) is 2. The predicted octanol–water partition coefficient (Wildman–Crippen LogP) is 8.40. The summed E-state index contributed by atoms with van der Waals surface area (Å²) in [5.74, 6) is 1.05. The van der Waals surface area contributed by atoms with E-state index in [1.165, 1.54) is 41.4 Å². The Morgan fingerprint density at radius 3 is 1.92 bits per heavy atom. The van der Waals surface area contributed by atoms with E-state index >= 15 is 0 Å². The number of thiophene rings is 1. The average molecular weight is 888 g/mol. The highest BCUT2D eigenvalue weighted by Crippen LogP contribution is 2.71. The van der Waals surface area contributed by atoms with Gasteiger partial charge < -0.3 is 39.9 Å². The molecule has 0 radical (unpaired) electrons. The summed E-state index contributed by atoms with van der Waals surface area (Å²) < 4.78 is 9.64. The number of H-pyrrole nitrogens is 2. The molecule has 10 rings (SSSR count). The molecule has 3 unspecified atom stereocenters. The minimum absolute atomic E-state index is 0.106. The zero-order chi connectivity index (χ0) is 44.8. The minimum atomic E-state index is -0.693. The van der Waals surface area contributed by atoms with Gasteiger partial charge in [0.05, 0.1) is 54.1 Å². The van der Waals surface area contributed by atoms with Crippen molar-refractivity contribution in [2.24, 2.45) is 11.8 Å². The zero-order valence-corrected chi connectivity index (χ0v) is 38.3. The Balaban J connectivity index is 0.922. The van der Waals surface area contributed by atoms with Gasteiger partial charge in [-0.3, -0.25) is 14.5 Å². The van der Waals surface area contributed by atoms with Crippen molar-refractivity contribution in [1.82, 2.24) is 45.3 Å². The summed E-state index contributed by atoms with van der Waals surface area (Å²) >= 11 is 1.76. The average Bonchev–Trinajstić information content (AvgIpc) is 4.14. The van der Waals surface area contributed by atoms with Crippen LogP contribution in [0.15, 0.2) is 48.7 Å². The first-order valence-corrected chi connectivity index (χ1v) is 23.5. The van der Waals surface area contributed by atoms with Crippen LogP contribution in [0.5, 0.6) is 0 Å². The number of amides is 4. The van der Waals surface area contributed by atoms with Crippen molar-refractivity contribution in [3.05, 3.63) is 71.4 Å². The number of aromatic nitrogens is 4. The molecule has 0 saturated carbocycles. The highest BCUT2D eigenvalue weighted by Gasteiger charge is 2.66. The highest BCUT2D eigenvalue weighted by atomic mass is 32.1. The van der Waals surface area contributed by atoms with Crippen molar-refractivity contribution in [3.63, 3.8) is 0 Å². The summed E-state index contributed by atoms with van der Waals surface area (Å²) in [4.78, 5) is 77.5. The number of hydrogen-bond acceptors (Lipinski definition) is 10. The van der Waals surface area contributed by atoms with E-state index in [2.05, 4.69) is 74.9 Å². The van der Waals surface area contributed by atoms with Crippen LogP contribution in [0.1, 0.15) is 120 Å². The molecule has 0 aliphatic carbocycles. The lowest BCUT2D eigenvalue weighted by Crippen LogP contribution is -2.66. The molecule has 2 aromatic carbocycles. The van der Waals surface area contributed by atoms with Crippen LogP contribution < -0.4 is 10.6 Å². The van der Waals surface area contributed by atoms with Crippen LogP contribution in [-0.2, 0) is 19.1 Å². The maximum Gasteiger partial charge on any atom is 0.407 e. The third kappa shape index (κ3) is 6.86. The quantitative estimate of drug-likeness (QED) is 0.101. The molecule has 5 aliphatic rings. The maximum atomic E-state index is 13.8. The van der Waals surface area contributed by atoms with Gasteiger partial charge in [0.2, 0.25) is 11.8 Å². The Hall–Kier alpha value is -5.74. The Kier molecular flexibility index (Phi) is 10.6. The molecule has 5 aromatic rings. The van der Waals surface area contributed by atoms with Crippen LogP contribution in [0.2, 0.25) is 0 Å². The second kappa shape index (κ2) is 16.1. The lowest BCUT2D eigenvalue weighted by atomic mass is 9.68. The van der Waals surface area contributed by atoms with Gasteiger partial charge in [-0.05, 0) is 109 Å². The summed E-state index contributed by atoms with van der Waals surface area (Å²) in [6, 6.07) is 14.4. The number of ether oxygens (including phenoxy) is 2. The van der Waals surface area contributed by atoms with Gasteiger partial charge in [-0.1, -0.05) is 45.9 Å². The molecular weight excluding hydrogens is 831 g/mol. The Bertz CT molecular complexity index is 2670. The van der Waals surface area contributed by atoms with Gasteiger partial charge in [0, 0.05) is 35.6 Å². The Labute approximate surface area is 376 Å². The van der Waals surface area contributed by atoms with E-state index < -0.39 is 24.3 Å². The molecule has 7 atom stereocenters. The smallest absolute Gasteiger partial charge is 0.407 e. The number of rotatable bonds is 11. The molecule has 16 heteroatoms. The van der Waals surface area contributed by atoms with Crippen LogP contribution in [-0.4, -0.2) is 104 Å². The summed E-state index contributed by atoms with van der Waals surface area (Å²) in [5.41, 5.74) is 9.47. The van der Waals surface area contributed by atoms with Crippen LogP contribution in [0.4, 0.5) is 9.59 Å². The van der Waals surface area contributed by atoms with Crippen LogP contribution >= 0.6 is 11.3 Å². The second-order valence-electron chi connectivity index (χ2n) is 19.1. The number of hydrogen-bond donors (Lipinski definition) is 4. The van der Waals surface area contributed by atoms with E-state index in [0.29, 0.717) is 25.2 Å². The van der Waals surface area contributed by atoms with Gasteiger partial charge in [0.25, 0.3) is 0 Å². The van der Waals surface area contributed by atoms with Crippen molar-refractivity contribution in [3.8, 4) is 32.1 Å². The number of alkyl carbamates (subject to hydrolysis) is 2. The Morgan fingerprint density at radius 2 is 1.33 bits per heavy atom. The molecule has 4 saturated heterocycles. The van der Waals surface area contributed by atoms with Crippen molar-refractivity contribution < 1.29 is 28.7 Å². The molecule has 4 N–H and O–H groups in total. The van der Waals surface area contributed by atoms with Crippen molar-refractivity contribution in [2.75, 3.05) is 27.3 Å². The van der Waals surface area contributed by atoms with Crippen molar-refractivity contribution in [1.29, 1.82) is 0 Å². The normalized spacial score (nSPS) is 24.3. The summed E-state index contributed by atoms with van der Waals surface area (Å²) in [6.45, 7) is 11.3. The van der Waals surface area contributed by atoms with Crippen molar-refractivity contribution >= 4 is 46.4 Å².